The van der Waals surface area contributed by atoms with Crippen LogP contribution in [-0.2, 0) is 10.8 Å². The second-order valence-corrected chi connectivity index (χ2v) is 11.9. The molecular formula is C33H36Cl3N3O. The Bertz CT molecular complexity index is 1320. The summed E-state index contributed by atoms with van der Waals surface area (Å²) in [4.78, 5) is 17.9. The van der Waals surface area contributed by atoms with Gasteiger partial charge in [0.15, 0.2) is 0 Å². The van der Waals surface area contributed by atoms with Gasteiger partial charge in [0.2, 0.25) is 0 Å². The predicted octanol–water partition coefficient (Wildman–Crippen LogP) is 7.93. The highest BCUT2D eigenvalue weighted by Gasteiger charge is 2.40. The molecule has 1 amide bonds. The van der Waals surface area contributed by atoms with Crippen LogP contribution in [0.1, 0.15) is 60.0 Å². The molecule has 0 spiro atoms. The third-order valence-corrected chi connectivity index (χ3v) is 9.54. The number of nitrogens with zero attached hydrogens (tertiary/aromatic N) is 3. The molecule has 0 N–H and O–H groups in total. The van der Waals surface area contributed by atoms with E-state index in [9.17, 15) is 10.1 Å². The van der Waals surface area contributed by atoms with Gasteiger partial charge in [-0.05, 0) is 93.6 Å². The van der Waals surface area contributed by atoms with E-state index in [4.69, 9.17) is 23.2 Å². The number of likely N-dealkylation sites (tertiary alicyclic amines) is 2. The van der Waals surface area contributed by atoms with Crippen molar-refractivity contribution in [1.29, 1.82) is 5.26 Å². The van der Waals surface area contributed by atoms with Crippen LogP contribution in [0.4, 0.5) is 0 Å². The van der Waals surface area contributed by atoms with Gasteiger partial charge in [0.25, 0.3) is 5.91 Å². The van der Waals surface area contributed by atoms with Crippen molar-refractivity contribution in [3.05, 3.63) is 106 Å². The van der Waals surface area contributed by atoms with Gasteiger partial charge in [0.05, 0.1) is 21.5 Å². The standard InChI is InChI=1S/C33H35Cl2N3O.ClH/c34-29-14-13-28(23-30(29)35)33(16-8-20-38(25-33)31(39)26-9-3-1-4-10-26)15-7-19-37-21-17-32(24-36,18-22-37)27-11-5-2-6-12-27;/h1-6,9-14,23H,7-8,15-22,25H2;1H. The fraction of sp³-hybridized carbons (Fsp3) is 0.394. The number of hydrogen-bond acceptors (Lipinski definition) is 3. The quantitative estimate of drug-likeness (QED) is 0.278. The molecule has 3 aromatic carbocycles. The first-order valence-electron chi connectivity index (χ1n) is 13.9. The van der Waals surface area contributed by atoms with Crippen molar-refractivity contribution >= 4 is 41.5 Å². The van der Waals surface area contributed by atoms with E-state index in [1.165, 1.54) is 0 Å². The maximum Gasteiger partial charge on any atom is 0.253 e. The van der Waals surface area contributed by atoms with Crippen LogP contribution in [0.5, 0.6) is 0 Å². The molecular weight excluding hydrogens is 561 g/mol. The van der Waals surface area contributed by atoms with E-state index < -0.39 is 0 Å². The van der Waals surface area contributed by atoms with Gasteiger partial charge in [-0.15, -0.1) is 12.4 Å². The summed E-state index contributed by atoms with van der Waals surface area (Å²) in [5, 5.41) is 11.2. The van der Waals surface area contributed by atoms with Crippen LogP contribution < -0.4 is 0 Å². The number of amides is 1. The van der Waals surface area contributed by atoms with Gasteiger partial charge >= 0.3 is 0 Å². The van der Waals surface area contributed by atoms with Crippen LogP contribution in [0.3, 0.4) is 0 Å². The molecule has 40 heavy (non-hydrogen) atoms. The Hall–Kier alpha value is -2.55. The van der Waals surface area contributed by atoms with Crippen molar-refractivity contribution in [1.82, 2.24) is 9.80 Å². The molecule has 0 radical (unpaired) electrons. The number of benzene rings is 3. The molecule has 2 heterocycles. The van der Waals surface area contributed by atoms with E-state index in [0.29, 0.717) is 16.6 Å². The first-order chi connectivity index (χ1) is 18.9. The molecule has 2 fully saturated rings. The lowest BCUT2D eigenvalue weighted by Crippen LogP contribution is -2.49. The van der Waals surface area contributed by atoms with Crippen LogP contribution in [0.15, 0.2) is 78.9 Å². The van der Waals surface area contributed by atoms with Gasteiger partial charge in [0, 0.05) is 24.1 Å². The number of nitriles is 1. The Balaban J connectivity index is 0.00000370. The van der Waals surface area contributed by atoms with Gasteiger partial charge in [-0.3, -0.25) is 4.79 Å². The molecule has 4 nitrogen and oxygen atoms in total. The highest BCUT2D eigenvalue weighted by atomic mass is 35.5. The minimum absolute atomic E-state index is 0. The number of carbonyl (C=O) groups is 1. The second-order valence-electron chi connectivity index (χ2n) is 11.1. The van der Waals surface area contributed by atoms with Crippen LogP contribution >= 0.6 is 35.6 Å². The summed E-state index contributed by atoms with van der Waals surface area (Å²) in [5.41, 5.74) is 2.47. The van der Waals surface area contributed by atoms with Crippen LogP contribution in [0.2, 0.25) is 10.0 Å². The van der Waals surface area contributed by atoms with Gasteiger partial charge in [-0.25, -0.2) is 0 Å². The van der Waals surface area contributed by atoms with Crippen LogP contribution in [-0.4, -0.2) is 48.4 Å². The molecule has 2 aliphatic heterocycles. The Morgan fingerprint density at radius 3 is 2.17 bits per heavy atom. The van der Waals surface area contributed by atoms with Gasteiger partial charge < -0.3 is 9.80 Å². The van der Waals surface area contributed by atoms with Crippen LogP contribution in [0, 0.1) is 11.3 Å². The van der Waals surface area contributed by atoms with E-state index in [0.717, 1.165) is 81.4 Å². The highest BCUT2D eigenvalue weighted by molar-refractivity contribution is 6.42. The van der Waals surface area contributed by atoms with Gasteiger partial charge in [-0.2, -0.15) is 5.26 Å². The van der Waals surface area contributed by atoms with Crippen LogP contribution in [0.25, 0.3) is 0 Å². The summed E-state index contributed by atoms with van der Waals surface area (Å²) in [7, 11) is 0. The molecule has 2 aliphatic rings. The monoisotopic (exact) mass is 595 g/mol. The SMILES string of the molecule is Cl.N#CC1(c2ccccc2)CCN(CCCC2(c3ccc(Cl)c(Cl)c3)CCCN(C(=O)c3ccccc3)C2)CC1. The molecule has 210 valence electrons. The average Bonchev–Trinajstić information content (AvgIpc) is 2.99. The average molecular weight is 597 g/mol. The number of piperidine rings is 2. The topological polar surface area (TPSA) is 47.3 Å². The molecule has 0 saturated carbocycles. The lowest BCUT2D eigenvalue weighted by atomic mass is 9.70. The van der Waals surface area contributed by atoms with E-state index in [1.54, 1.807) is 0 Å². The van der Waals surface area contributed by atoms with Crippen molar-refractivity contribution in [3.63, 3.8) is 0 Å². The summed E-state index contributed by atoms with van der Waals surface area (Å²) < 4.78 is 0. The minimum atomic E-state index is -0.388. The fourth-order valence-corrected chi connectivity index (χ4v) is 6.80. The van der Waals surface area contributed by atoms with Crippen molar-refractivity contribution < 1.29 is 4.79 Å². The Kier molecular flexibility index (Phi) is 10.2. The minimum Gasteiger partial charge on any atom is -0.338 e. The van der Waals surface area contributed by atoms with Gasteiger partial charge in [-0.1, -0.05) is 77.8 Å². The molecule has 0 bridgehead atoms. The number of halogens is 3. The number of hydrogen-bond donors (Lipinski definition) is 0. The van der Waals surface area contributed by atoms with E-state index in [1.807, 2.05) is 65.6 Å². The van der Waals surface area contributed by atoms with E-state index in [-0.39, 0.29) is 29.1 Å². The molecule has 3 aromatic rings. The molecule has 7 heteroatoms. The molecule has 2 saturated heterocycles. The van der Waals surface area contributed by atoms with Crippen molar-refractivity contribution in [2.45, 2.75) is 49.4 Å². The Morgan fingerprint density at radius 1 is 0.850 bits per heavy atom. The van der Waals surface area contributed by atoms with Crippen molar-refractivity contribution in [3.8, 4) is 6.07 Å². The molecule has 0 aliphatic carbocycles. The first-order valence-corrected chi connectivity index (χ1v) is 14.7. The zero-order chi connectivity index (χ0) is 27.3. The van der Waals surface area contributed by atoms with Crippen molar-refractivity contribution in [2.24, 2.45) is 0 Å². The first kappa shape index (κ1) is 30.4. The summed E-state index contributed by atoms with van der Waals surface area (Å²) in [6.07, 6.45) is 5.63. The maximum atomic E-state index is 13.4. The predicted molar refractivity (Wildman–Crippen MR) is 166 cm³/mol. The lowest BCUT2D eigenvalue weighted by molar-refractivity contribution is 0.0618. The molecule has 1 unspecified atom stereocenters. The largest absolute Gasteiger partial charge is 0.338 e. The summed E-state index contributed by atoms with van der Waals surface area (Å²) in [6, 6.07) is 28.4. The third kappa shape index (κ3) is 6.50. The zero-order valence-corrected chi connectivity index (χ0v) is 25.0. The highest BCUT2D eigenvalue weighted by Crippen LogP contribution is 2.41. The molecule has 5 rings (SSSR count). The van der Waals surface area contributed by atoms with E-state index >= 15 is 0 Å². The number of carbonyl (C=O) groups excluding carboxylic acids is 1. The fourth-order valence-electron chi connectivity index (χ4n) is 6.50. The van der Waals surface area contributed by atoms with Gasteiger partial charge in [0.1, 0.15) is 0 Å². The zero-order valence-electron chi connectivity index (χ0n) is 22.7. The normalized spacial score (nSPS) is 20.8. The summed E-state index contributed by atoms with van der Waals surface area (Å²) in [5.74, 6) is 0.0875. The number of rotatable bonds is 7. The molecule has 0 aromatic heterocycles. The second kappa shape index (κ2) is 13.4. The Morgan fingerprint density at radius 2 is 1.52 bits per heavy atom. The molecule has 1 atom stereocenters. The lowest BCUT2D eigenvalue weighted by Gasteiger charge is -2.44. The van der Waals surface area contributed by atoms with E-state index in [2.05, 4.69) is 29.2 Å². The smallest absolute Gasteiger partial charge is 0.253 e. The summed E-state index contributed by atoms with van der Waals surface area (Å²) >= 11 is 12.8. The third-order valence-electron chi connectivity index (χ3n) is 8.80. The summed E-state index contributed by atoms with van der Waals surface area (Å²) in [6.45, 7) is 4.25. The maximum absolute atomic E-state index is 13.4. The van der Waals surface area contributed by atoms with Crippen molar-refractivity contribution in [2.75, 3.05) is 32.7 Å². The Labute approximate surface area is 254 Å².